The van der Waals surface area contributed by atoms with Crippen LogP contribution in [-0.2, 0) is 4.74 Å². The van der Waals surface area contributed by atoms with Gasteiger partial charge in [-0.25, -0.2) is 14.4 Å². The fourth-order valence-corrected chi connectivity index (χ4v) is 1.20. The van der Waals surface area contributed by atoms with Gasteiger partial charge in [-0.05, 0) is 6.07 Å². The number of hydrogen-bond donors (Lipinski definition) is 1. The Balaban J connectivity index is 1.98. The van der Waals surface area contributed by atoms with E-state index >= 15 is 0 Å². The summed E-state index contributed by atoms with van der Waals surface area (Å²) in [5, 5.41) is 2.87. The van der Waals surface area contributed by atoms with E-state index in [1.165, 1.54) is 0 Å². The molecule has 0 spiro atoms. The molecule has 0 saturated carbocycles. The van der Waals surface area contributed by atoms with Crippen molar-refractivity contribution in [3.8, 4) is 0 Å². The fourth-order valence-electron chi connectivity index (χ4n) is 1.20. The predicted octanol–water partition coefficient (Wildman–Crippen LogP) is 0.625. The van der Waals surface area contributed by atoms with Crippen LogP contribution < -0.4 is 5.32 Å². The average Bonchev–Trinajstić information content (AvgIpc) is 2.54. The summed E-state index contributed by atoms with van der Waals surface area (Å²) in [4.78, 5) is 7.86. The molecular formula is C8H10FN3O. The lowest BCUT2D eigenvalue weighted by atomic mass is 10.2. The van der Waals surface area contributed by atoms with E-state index in [2.05, 4.69) is 15.3 Å². The van der Waals surface area contributed by atoms with Gasteiger partial charge in [-0.2, -0.15) is 0 Å². The predicted molar refractivity (Wildman–Crippen MR) is 45.2 cm³/mol. The first-order valence-corrected chi connectivity index (χ1v) is 4.11. The number of alkyl halides is 1. The molecule has 1 N–H and O–H groups in total. The molecule has 0 aromatic carbocycles. The molecule has 1 aliphatic rings. The van der Waals surface area contributed by atoms with E-state index in [0.717, 1.165) is 0 Å². The van der Waals surface area contributed by atoms with Gasteiger partial charge in [-0.1, -0.05) is 0 Å². The Kier molecular flexibility index (Phi) is 2.35. The topological polar surface area (TPSA) is 47.0 Å². The lowest BCUT2D eigenvalue weighted by Crippen LogP contribution is -2.29. The Hall–Kier alpha value is -1.23. The molecular weight excluding hydrogens is 173 g/mol. The van der Waals surface area contributed by atoms with Gasteiger partial charge in [0.05, 0.1) is 19.3 Å². The highest BCUT2D eigenvalue weighted by atomic mass is 19.1. The average molecular weight is 183 g/mol. The van der Waals surface area contributed by atoms with E-state index < -0.39 is 6.17 Å². The van der Waals surface area contributed by atoms with E-state index in [0.29, 0.717) is 12.6 Å². The van der Waals surface area contributed by atoms with E-state index in [4.69, 9.17) is 4.74 Å². The third-order valence-corrected chi connectivity index (χ3v) is 1.89. The van der Waals surface area contributed by atoms with Crippen molar-refractivity contribution in [2.75, 3.05) is 18.5 Å². The van der Waals surface area contributed by atoms with Crippen molar-refractivity contribution in [1.29, 1.82) is 0 Å². The molecule has 1 fully saturated rings. The highest BCUT2D eigenvalue weighted by Gasteiger charge is 2.28. The second kappa shape index (κ2) is 3.66. The Morgan fingerprint density at radius 3 is 2.77 bits per heavy atom. The van der Waals surface area contributed by atoms with Crippen molar-refractivity contribution in [2.24, 2.45) is 0 Å². The van der Waals surface area contributed by atoms with Gasteiger partial charge >= 0.3 is 0 Å². The molecule has 2 heterocycles. The summed E-state index contributed by atoms with van der Waals surface area (Å²) in [6, 6.07) is 1.39. The molecule has 5 heteroatoms. The molecule has 1 aromatic rings. The Bertz CT molecular complexity index is 269. The second-order valence-electron chi connectivity index (χ2n) is 2.88. The molecule has 1 aromatic heterocycles. The third kappa shape index (κ3) is 1.92. The van der Waals surface area contributed by atoms with Crippen LogP contribution in [0.25, 0.3) is 0 Å². The fraction of sp³-hybridized carbons (Fsp3) is 0.500. The van der Waals surface area contributed by atoms with Crippen LogP contribution in [0.3, 0.4) is 0 Å². The van der Waals surface area contributed by atoms with E-state index in [1.807, 2.05) is 0 Å². The van der Waals surface area contributed by atoms with Crippen molar-refractivity contribution < 1.29 is 9.13 Å². The number of nitrogens with one attached hydrogen (secondary N) is 1. The summed E-state index contributed by atoms with van der Waals surface area (Å²) in [6.07, 6.45) is 2.25. The molecule has 4 nitrogen and oxygen atoms in total. The number of aromatic nitrogens is 2. The van der Waals surface area contributed by atoms with Crippen LogP contribution in [0.5, 0.6) is 0 Å². The first kappa shape index (κ1) is 8.37. The second-order valence-corrected chi connectivity index (χ2v) is 2.88. The zero-order valence-electron chi connectivity index (χ0n) is 6.98. The SMILES string of the molecule is F[C@@H]1COC[C@H]1Nc1ncccn1. The van der Waals surface area contributed by atoms with Crippen LogP contribution in [0.2, 0.25) is 0 Å². The van der Waals surface area contributed by atoms with E-state index in [1.54, 1.807) is 18.5 Å². The highest BCUT2D eigenvalue weighted by molar-refractivity contribution is 5.25. The summed E-state index contributed by atoms with van der Waals surface area (Å²) < 4.78 is 18.0. The smallest absolute Gasteiger partial charge is 0.222 e. The van der Waals surface area contributed by atoms with Crippen LogP contribution in [0, 0.1) is 0 Å². The van der Waals surface area contributed by atoms with E-state index in [-0.39, 0.29) is 12.6 Å². The van der Waals surface area contributed by atoms with Gasteiger partial charge in [-0.3, -0.25) is 0 Å². The molecule has 70 valence electrons. The maximum atomic E-state index is 13.0. The Morgan fingerprint density at radius 1 is 1.38 bits per heavy atom. The number of halogens is 1. The van der Waals surface area contributed by atoms with Gasteiger partial charge in [0.25, 0.3) is 0 Å². The Morgan fingerprint density at radius 2 is 2.15 bits per heavy atom. The summed E-state index contributed by atoms with van der Waals surface area (Å²) in [6.45, 7) is 0.532. The molecule has 0 amide bonds. The normalized spacial score (nSPS) is 27.5. The minimum Gasteiger partial charge on any atom is -0.376 e. The molecule has 2 atom stereocenters. The van der Waals surface area contributed by atoms with Crippen molar-refractivity contribution in [3.63, 3.8) is 0 Å². The van der Waals surface area contributed by atoms with Gasteiger partial charge in [-0.15, -0.1) is 0 Å². The maximum Gasteiger partial charge on any atom is 0.222 e. The van der Waals surface area contributed by atoms with Gasteiger partial charge in [0.1, 0.15) is 6.17 Å². The minimum absolute atomic E-state index is 0.157. The summed E-state index contributed by atoms with van der Waals surface area (Å²) in [5.74, 6) is 0.445. The number of nitrogens with zero attached hydrogens (tertiary/aromatic N) is 2. The van der Waals surface area contributed by atoms with Crippen molar-refractivity contribution in [3.05, 3.63) is 18.5 Å². The summed E-state index contributed by atoms with van der Waals surface area (Å²) in [5.41, 5.74) is 0. The monoisotopic (exact) mass is 183 g/mol. The lowest BCUT2D eigenvalue weighted by Gasteiger charge is -2.11. The molecule has 0 aliphatic carbocycles. The molecule has 1 aliphatic heterocycles. The van der Waals surface area contributed by atoms with Gasteiger partial charge in [0.15, 0.2) is 0 Å². The zero-order valence-corrected chi connectivity index (χ0v) is 6.98. The Labute approximate surface area is 75.2 Å². The van der Waals surface area contributed by atoms with Crippen LogP contribution in [0.4, 0.5) is 10.3 Å². The molecule has 13 heavy (non-hydrogen) atoms. The van der Waals surface area contributed by atoms with Crippen LogP contribution in [0.1, 0.15) is 0 Å². The molecule has 0 bridgehead atoms. The largest absolute Gasteiger partial charge is 0.376 e. The number of anilines is 1. The third-order valence-electron chi connectivity index (χ3n) is 1.89. The van der Waals surface area contributed by atoms with E-state index in [9.17, 15) is 4.39 Å². The van der Waals surface area contributed by atoms with Crippen molar-refractivity contribution in [2.45, 2.75) is 12.2 Å². The summed E-state index contributed by atoms with van der Waals surface area (Å²) in [7, 11) is 0. The van der Waals surface area contributed by atoms with Gasteiger partial charge < -0.3 is 10.1 Å². The van der Waals surface area contributed by atoms with Gasteiger partial charge in [0.2, 0.25) is 5.95 Å². The lowest BCUT2D eigenvalue weighted by molar-refractivity contribution is 0.173. The molecule has 0 radical (unpaired) electrons. The van der Waals surface area contributed by atoms with Crippen LogP contribution in [-0.4, -0.2) is 35.4 Å². The van der Waals surface area contributed by atoms with Crippen LogP contribution >= 0.6 is 0 Å². The number of ether oxygens (including phenoxy) is 1. The first-order valence-electron chi connectivity index (χ1n) is 4.11. The van der Waals surface area contributed by atoms with Crippen molar-refractivity contribution in [1.82, 2.24) is 9.97 Å². The molecule has 1 saturated heterocycles. The number of hydrogen-bond acceptors (Lipinski definition) is 4. The number of rotatable bonds is 2. The van der Waals surface area contributed by atoms with Gasteiger partial charge in [0, 0.05) is 12.4 Å². The molecule has 0 unspecified atom stereocenters. The quantitative estimate of drug-likeness (QED) is 0.730. The summed E-state index contributed by atoms with van der Waals surface area (Å²) >= 11 is 0. The standard InChI is InChI=1S/C8H10FN3O/c9-6-4-13-5-7(6)12-8-10-2-1-3-11-8/h1-3,6-7H,4-5H2,(H,10,11,12)/t6-,7-/m1/s1. The maximum absolute atomic E-state index is 13.0. The first-order chi connectivity index (χ1) is 6.36. The van der Waals surface area contributed by atoms with Crippen molar-refractivity contribution >= 4 is 5.95 Å². The minimum atomic E-state index is -0.969. The zero-order chi connectivity index (χ0) is 9.10. The molecule has 2 rings (SSSR count). The van der Waals surface area contributed by atoms with Crippen LogP contribution in [0.15, 0.2) is 18.5 Å². The highest BCUT2D eigenvalue weighted by Crippen LogP contribution is 2.12.